The van der Waals surface area contributed by atoms with Gasteiger partial charge in [-0.2, -0.15) is 0 Å². The number of carbonyl (C=O) groups is 3. The van der Waals surface area contributed by atoms with Crippen molar-refractivity contribution < 1.29 is 19.1 Å². The van der Waals surface area contributed by atoms with Crippen molar-refractivity contribution >= 4 is 34.8 Å². The van der Waals surface area contributed by atoms with Crippen molar-refractivity contribution in [1.82, 2.24) is 9.88 Å². The van der Waals surface area contributed by atoms with Crippen molar-refractivity contribution in [3.05, 3.63) is 47.7 Å². The van der Waals surface area contributed by atoms with Crippen LogP contribution in [0.5, 0.6) is 0 Å². The molecule has 1 fully saturated rings. The third kappa shape index (κ3) is 3.17. The van der Waals surface area contributed by atoms with Crippen molar-refractivity contribution in [3.63, 3.8) is 0 Å². The molecule has 0 spiro atoms. The van der Waals surface area contributed by atoms with E-state index in [-0.39, 0.29) is 19.6 Å². The highest BCUT2D eigenvalue weighted by Gasteiger charge is 2.35. The maximum Gasteiger partial charge on any atom is 0.326 e. The van der Waals surface area contributed by atoms with E-state index in [4.69, 9.17) is 4.74 Å². The molecular weight excluding hydrogens is 308 g/mol. The summed E-state index contributed by atoms with van der Waals surface area (Å²) in [5, 5.41) is 0.998. The highest BCUT2D eigenvalue weighted by atomic mass is 16.5. The lowest BCUT2D eigenvalue weighted by Gasteiger charge is -2.11. The molecule has 1 saturated heterocycles. The normalized spacial score (nSPS) is 16.2. The molecule has 24 heavy (non-hydrogen) atoms. The topological polar surface area (TPSA) is 76.6 Å². The van der Waals surface area contributed by atoms with Crippen LogP contribution >= 0.6 is 0 Å². The van der Waals surface area contributed by atoms with Gasteiger partial charge in [0.05, 0.1) is 24.2 Å². The fourth-order valence-corrected chi connectivity index (χ4v) is 2.57. The lowest BCUT2D eigenvalue weighted by atomic mass is 10.1. The minimum Gasteiger partial charge on any atom is -0.465 e. The van der Waals surface area contributed by atoms with Gasteiger partial charge in [-0.1, -0.05) is 24.3 Å². The van der Waals surface area contributed by atoms with Gasteiger partial charge in [-0.25, -0.2) is 4.98 Å². The quantitative estimate of drug-likeness (QED) is 0.488. The predicted molar refractivity (Wildman–Crippen MR) is 87.7 cm³/mol. The van der Waals surface area contributed by atoms with E-state index in [0.29, 0.717) is 11.3 Å². The second-order valence-corrected chi connectivity index (χ2v) is 5.37. The van der Waals surface area contributed by atoms with Gasteiger partial charge in [-0.05, 0) is 25.1 Å². The number of hydrogen-bond donors (Lipinski definition) is 0. The number of carbonyl (C=O) groups excluding carboxylic acids is 3. The van der Waals surface area contributed by atoms with Gasteiger partial charge in [0.2, 0.25) is 5.91 Å². The van der Waals surface area contributed by atoms with Gasteiger partial charge < -0.3 is 4.74 Å². The van der Waals surface area contributed by atoms with Crippen molar-refractivity contribution in [3.8, 4) is 0 Å². The fourth-order valence-electron chi connectivity index (χ4n) is 2.57. The van der Waals surface area contributed by atoms with Crippen LogP contribution in [0.4, 0.5) is 0 Å². The highest BCUT2D eigenvalue weighted by Crippen LogP contribution is 2.22. The third-order valence-corrected chi connectivity index (χ3v) is 3.70. The van der Waals surface area contributed by atoms with E-state index in [9.17, 15) is 14.4 Å². The largest absolute Gasteiger partial charge is 0.465 e. The highest BCUT2D eigenvalue weighted by molar-refractivity contribution is 6.16. The number of likely N-dealkylation sites (tertiary alicyclic amines) is 1. The van der Waals surface area contributed by atoms with Gasteiger partial charge in [0.1, 0.15) is 6.54 Å². The summed E-state index contributed by atoms with van der Waals surface area (Å²) in [7, 11) is 0. The number of pyridine rings is 1. The first-order valence-corrected chi connectivity index (χ1v) is 7.65. The van der Waals surface area contributed by atoms with Crippen LogP contribution in [0.2, 0.25) is 0 Å². The summed E-state index contributed by atoms with van der Waals surface area (Å²) in [5.41, 5.74) is 1.74. The number of fused-ring (bicyclic) bond motifs is 1. The van der Waals surface area contributed by atoms with E-state index in [1.165, 1.54) is 0 Å². The van der Waals surface area contributed by atoms with Gasteiger partial charge >= 0.3 is 5.97 Å². The third-order valence-electron chi connectivity index (χ3n) is 3.70. The number of ether oxygens (including phenoxy) is 1. The molecule has 0 aliphatic carbocycles. The Balaban J connectivity index is 1.83. The molecule has 0 saturated carbocycles. The number of nitrogens with zero attached hydrogens (tertiary/aromatic N) is 2. The second-order valence-electron chi connectivity index (χ2n) is 5.37. The molecule has 3 rings (SSSR count). The molecule has 122 valence electrons. The Labute approximate surface area is 138 Å². The number of benzene rings is 1. The molecule has 1 aromatic heterocycles. The number of rotatable bonds is 4. The Hall–Kier alpha value is -3.02. The maximum absolute atomic E-state index is 12.3. The van der Waals surface area contributed by atoms with Crippen LogP contribution in [0.25, 0.3) is 17.0 Å². The zero-order chi connectivity index (χ0) is 17.1. The minimum absolute atomic E-state index is 0.0350. The summed E-state index contributed by atoms with van der Waals surface area (Å²) in [5.74, 6) is -1.47. The summed E-state index contributed by atoms with van der Waals surface area (Å²) in [4.78, 5) is 41.2. The van der Waals surface area contributed by atoms with Crippen molar-refractivity contribution in [2.45, 2.75) is 13.3 Å². The first-order valence-electron chi connectivity index (χ1n) is 7.65. The summed E-state index contributed by atoms with van der Waals surface area (Å²) < 4.78 is 4.79. The number of hydrogen-bond acceptors (Lipinski definition) is 5. The molecule has 0 radical (unpaired) electrons. The standard InChI is InChI=1S/C18H16N2O4/c1-2-24-17(22)11-20-16(21)10-13(18(20)23)9-14-8-7-12-5-3-4-6-15(12)19-14/h3-9H,2,10-11H2,1H3/b13-9+. The SMILES string of the molecule is CCOC(=O)CN1C(=O)C/C(=C\c2ccc3ccccc3n2)C1=O. The van der Waals surface area contributed by atoms with E-state index >= 15 is 0 Å². The summed E-state index contributed by atoms with van der Waals surface area (Å²) in [6, 6.07) is 11.3. The maximum atomic E-state index is 12.3. The lowest BCUT2D eigenvalue weighted by molar-refractivity contribution is -0.151. The van der Waals surface area contributed by atoms with Crippen LogP contribution in [0.1, 0.15) is 19.0 Å². The molecular formula is C18H16N2O4. The zero-order valence-corrected chi connectivity index (χ0v) is 13.2. The van der Waals surface area contributed by atoms with Crippen LogP contribution < -0.4 is 0 Å². The Morgan fingerprint density at radius 2 is 2.04 bits per heavy atom. The molecule has 2 aromatic rings. The number of esters is 1. The van der Waals surface area contributed by atoms with Crippen LogP contribution in [0.3, 0.4) is 0 Å². The van der Waals surface area contributed by atoms with Crippen molar-refractivity contribution in [1.29, 1.82) is 0 Å². The molecule has 0 unspecified atom stereocenters. The number of imide groups is 1. The van der Waals surface area contributed by atoms with E-state index in [0.717, 1.165) is 15.8 Å². The Morgan fingerprint density at radius 1 is 1.25 bits per heavy atom. The van der Waals surface area contributed by atoms with Crippen LogP contribution in [0.15, 0.2) is 42.0 Å². The van der Waals surface area contributed by atoms with Crippen molar-refractivity contribution in [2.24, 2.45) is 0 Å². The average Bonchev–Trinajstić information content (AvgIpc) is 2.82. The number of aromatic nitrogens is 1. The average molecular weight is 324 g/mol. The first-order chi connectivity index (χ1) is 11.6. The Morgan fingerprint density at radius 3 is 2.83 bits per heavy atom. The molecule has 1 aliphatic heterocycles. The molecule has 1 aliphatic rings. The predicted octanol–water partition coefficient (Wildman–Crippen LogP) is 1.94. The van der Waals surface area contributed by atoms with Crippen LogP contribution in [0, 0.1) is 0 Å². The van der Waals surface area contributed by atoms with E-state index in [1.807, 2.05) is 30.3 Å². The molecule has 1 aromatic carbocycles. The van der Waals surface area contributed by atoms with Crippen molar-refractivity contribution in [2.75, 3.05) is 13.2 Å². The fraction of sp³-hybridized carbons (Fsp3) is 0.222. The molecule has 2 heterocycles. The lowest BCUT2D eigenvalue weighted by Crippen LogP contribution is -2.35. The van der Waals surface area contributed by atoms with Gasteiger partial charge in [0.15, 0.2) is 0 Å². The van der Waals surface area contributed by atoms with Gasteiger partial charge in [-0.15, -0.1) is 0 Å². The zero-order valence-electron chi connectivity index (χ0n) is 13.2. The van der Waals surface area contributed by atoms with E-state index in [1.54, 1.807) is 19.1 Å². The minimum atomic E-state index is -0.593. The van der Waals surface area contributed by atoms with Gasteiger partial charge in [0.25, 0.3) is 5.91 Å². The first kappa shape index (κ1) is 15.9. The van der Waals surface area contributed by atoms with E-state index < -0.39 is 17.8 Å². The van der Waals surface area contributed by atoms with Crippen LogP contribution in [-0.2, 0) is 19.1 Å². The number of para-hydroxylation sites is 1. The van der Waals surface area contributed by atoms with Crippen LogP contribution in [-0.4, -0.2) is 40.8 Å². The molecule has 0 N–H and O–H groups in total. The summed E-state index contributed by atoms with van der Waals surface area (Å²) in [6.45, 7) is 1.52. The molecule has 0 bridgehead atoms. The Kier molecular flexibility index (Phi) is 4.37. The second kappa shape index (κ2) is 6.62. The molecule has 0 atom stereocenters. The summed E-state index contributed by atoms with van der Waals surface area (Å²) >= 11 is 0. The van der Waals surface area contributed by atoms with E-state index in [2.05, 4.69) is 4.98 Å². The number of amides is 2. The summed E-state index contributed by atoms with van der Waals surface area (Å²) in [6.07, 6.45) is 1.56. The molecule has 2 amide bonds. The molecule has 6 heteroatoms. The Bertz CT molecular complexity index is 857. The smallest absolute Gasteiger partial charge is 0.326 e. The van der Waals surface area contributed by atoms with Gasteiger partial charge in [0, 0.05) is 11.0 Å². The monoisotopic (exact) mass is 324 g/mol. The molecule has 6 nitrogen and oxygen atoms in total. The van der Waals surface area contributed by atoms with Gasteiger partial charge in [-0.3, -0.25) is 19.3 Å².